The summed E-state index contributed by atoms with van der Waals surface area (Å²) in [5.41, 5.74) is 10.1. The van der Waals surface area contributed by atoms with Gasteiger partial charge in [-0.15, -0.1) is 0 Å². The molecule has 0 aromatic rings. The van der Waals surface area contributed by atoms with Crippen LogP contribution in [0.5, 0.6) is 0 Å². The van der Waals surface area contributed by atoms with E-state index in [1.54, 1.807) is 0 Å². The molecule has 0 saturated carbocycles. The Bertz CT molecular complexity index is 873. The highest BCUT2D eigenvalue weighted by Crippen LogP contribution is 2.01. The number of carbonyl (C=O) groups is 8. The number of nitrogens with one attached hydrogen (secondary N) is 1. The fourth-order valence-corrected chi connectivity index (χ4v) is 1.86. The van der Waals surface area contributed by atoms with Crippen LogP contribution in [0.15, 0.2) is 0 Å². The minimum atomic E-state index is -2.32. The van der Waals surface area contributed by atoms with E-state index in [9.17, 15) is 79.2 Å². The highest BCUT2D eigenvalue weighted by atomic mass is 16.5. The van der Waals surface area contributed by atoms with Crippen LogP contribution in [0.4, 0.5) is 0 Å². The van der Waals surface area contributed by atoms with Crippen LogP contribution in [0.2, 0.25) is 0 Å². The molecule has 0 rings (SSSR count). The molecule has 0 spiro atoms. The van der Waals surface area contributed by atoms with Gasteiger partial charge in [0.05, 0.1) is 6.04 Å². The van der Waals surface area contributed by atoms with Crippen LogP contribution in [0.1, 0.15) is 64.2 Å². The molecule has 0 bridgehead atoms. The van der Waals surface area contributed by atoms with Gasteiger partial charge in [-0.25, -0.2) is 0 Å². The van der Waals surface area contributed by atoms with Gasteiger partial charge >= 0.3 is 0 Å². The van der Waals surface area contributed by atoms with Crippen molar-refractivity contribution in [1.29, 1.82) is 0 Å². The molecule has 0 aliphatic heterocycles. The highest BCUT2D eigenvalue weighted by molar-refractivity contribution is 6.31. The number of Topliss-reactive ketones (excluding diaryl/α,β-unsaturated/α-hetero) is 2. The van der Waals surface area contributed by atoms with E-state index in [1.807, 2.05) is 0 Å². The number of hydrogen-bond acceptors (Lipinski definition) is 18. The fourth-order valence-electron chi connectivity index (χ4n) is 1.86. The van der Waals surface area contributed by atoms with Crippen LogP contribution in [0, 0.1) is 0 Å². The highest BCUT2D eigenvalue weighted by Gasteiger charge is 2.06. The lowest BCUT2D eigenvalue weighted by Crippen LogP contribution is -2.69. The summed E-state index contributed by atoms with van der Waals surface area (Å²) >= 11 is 0. The minimum Gasteiger partial charge on any atom is -0.827 e. The average molecular weight is 610 g/mol. The van der Waals surface area contributed by atoms with Crippen molar-refractivity contribution in [2.24, 2.45) is 0 Å². The molecule has 3 unspecified atom stereocenters. The van der Waals surface area contributed by atoms with Crippen LogP contribution in [-0.2, 0) is 38.4 Å². The Hall–Kier alpha value is -4.08. The predicted molar refractivity (Wildman–Crippen MR) is 113 cm³/mol. The maximum absolute atomic E-state index is 10.2. The van der Waals surface area contributed by atoms with Crippen LogP contribution in [0.25, 0.3) is 5.73 Å². The molecule has 0 heterocycles. The molecule has 20 nitrogen and oxygen atoms in total. The van der Waals surface area contributed by atoms with E-state index in [2.05, 4.69) is 5.73 Å². The number of carboxylic acid groups (broad SMARTS) is 6. The van der Waals surface area contributed by atoms with Crippen LogP contribution >= 0.6 is 0 Å². The zero-order chi connectivity index (χ0) is 34.0. The summed E-state index contributed by atoms with van der Waals surface area (Å²) in [4.78, 5) is 79.2. The van der Waals surface area contributed by atoms with E-state index in [4.69, 9.17) is 15.9 Å². The van der Waals surface area contributed by atoms with Crippen molar-refractivity contribution in [3.8, 4) is 0 Å². The Morgan fingerprint density at radius 1 is 0.619 bits per heavy atom. The summed E-state index contributed by atoms with van der Waals surface area (Å²) in [6, 6.07) is -2.09. The lowest BCUT2D eigenvalue weighted by molar-refractivity contribution is -0.572. The molecule has 244 valence electrons. The first-order valence-corrected chi connectivity index (χ1v) is 11.6. The first kappa shape index (κ1) is 44.9. The smallest absolute Gasteiger partial charge is 0.178 e. The topological polar surface area (TPSA) is 413 Å². The van der Waals surface area contributed by atoms with Gasteiger partial charge in [-0.05, 0) is 38.5 Å². The molecule has 0 amide bonds. The molecule has 0 fully saturated rings. The lowest BCUT2D eigenvalue weighted by atomic mass is 10.1. The zero-order valence-electron chi connectivity index (χ0n) is 22.0. The van der Waals surface area contributed by atoms with Crippen molar-refractivity contribution in [3.63, 3.8) is 0 Å². The first-order chi connectivity index (χ1) is 19.1. The van der Waals surface area contributed by atoms with Gasteiger partial charge < -0.3 is 91.3 Å². The Labute approximate surface area is 237 Å². The zero-order valence-corrected chi connectivity index (χ0v) is 22.0. The van der Waals surface area contributed by atoms with Crippen molar-refractivity contribution >= 4 is 47.4 Å². The lowest BCUT2D eigenvalue weighted by Gasteiger charge is -2.20. The molecule has 0 aliphatic carbocycles. The second kappa shape index (κ2) is 27.1. The molecule has 20 heteroatoms. The summed E-state index contributed by atoms with van der Waals surface area (Å²) in [6.07, 6.45) is -5.96. The van der Waals surface area contributed by atoms with Crippen molar-refractivity contribution < 1.29 is 95.2 Å². The number of rotatable bonds is 18. The van der Waals surface area contributed by atoms with Gasteiger partial charge in [-0.2, -0.15) is 0 Å². The van der Waals surface area contributed by atoms with Gasteiger partial charge in [0.1, 0.15) is 11.8 Å². The summed E-state index contributed by atoms with van der Waals surface area (Å²) in [5, 5.41) is 95.0. The number of aliphatic hydroxyl groups is 2. The Balaban J connectivity index is -0.000000229. The molecule has 6 N–H and O–H groups in total. The Morgan fingerprint density at radius 3 is 1.38 bits per heavy atom. The van der Waals surface area contributed by atoms with Gasteiger partial charge in [0.15, 0.2) is 5.78 Å². The number of hydrogen-bond donors (Lipinski definition) is 3. The van der Waals surface area contributed by atoms with Gasteiger partial charge in [0.2, 0.25) is 0 Å². The summed E-state index contributed by atoms with van der Waals surface area (Å²) in [6.45, 7) is 0. The van der Waals surface area contributed by atoms with E-state index in [0.717, 1.165) is 0 Å². The normalized spacial score (nSPS) is 12.5. The predicted octanol–water partition coefficient (Wildman–Crippen LogP) is -12.1. The molecule has 0 aromatic heterocycles. The SMILES string of the molecule is O=C([O-])CCC(=O)[C@@H]([O-])O.O=C([O-])CCCC(=O)C(=O)[O-].[NH-]C(CCCC(=O)[O-])C(=O)[O-].[NH3+]C(CCC(=O)[O-])C([O-])O. The Morgan fingerprint density at radius 2 is 1.05 bits per heavy atom. The second-order valence-corrected chi connectivity index (χ2v) is 7.82. The molecular weight excluding hydrogens is 580 g/mol. The number of quaternary nitrogens is 1. The second-order valence-electron chi connectivity index (χ2n) is 7.82. The summed E-state index contributed by atoms with van der Waals surface area (Å²) in [5.74, 6) is -10.5. The van der Waals surface area contributed by atoms with Gasteiger partial charge in [0.25, 0.3) is 0 Å². The van der Waals surface area contributed by atoms with Gasteiger partial charge in [0, 0.05) is 61.7 Å². The Kier molecular flexibility index (Phi) is 29.0. The minimum absolute atomic E-state index is 0.00366. The molecule has 0 radical (unpaired) electrons. The number of aliphatic carboxylic acids is 6. The van der Waals surface area contributed by atoms with E-state index in [0.29, 0.717) is 0 Å². The number of aliphatic hydroxyl groups excluding tert-OH is 2. The van der Waals surface area contributed by atoms with E-state index >= 15 is 0 Å². The third-order valence-corrected chi connectivity index (χ3v) is 4.14. The van der Waals surface area contributed by atoms with Gasteiger partial charge in [-0.1, -0.05) is 12.5 Å². The van der Waals surface area contributed by atoms with Crippen molar-refractivity contribution in [2.75, 3.05) is 0 Å². The van der Waals surface area contributed by atoms with E-state index in [1.165, 1.54) is 0 Å². The molecule has 0 saturated heterocycles. The third kappa shape index (κ3) is 38.1. The maximum Gasteiger partial charge on any atom is 0.178 e. The molecule has 4 atom stereocenters. The quantitative estimate of drug-likeness (QED) is 0.0957. The van der Waals surface area contributed by atoms with Crippen molar-refractivity contribution in [1.82, 2.24) is 0 Å². The van der Waals surface area contributed by atoms with Crippen molar-refractivity contribution in [3.05, 3.63) is 5.73 Å². The number of carbonyl (C=O) groups excluding carboxylic acids is 8. The summed E-state index contributed by atoms with van der Waals surface area (Å²) in [7, 11) is 0. The van der Waals surface area contributed by atoms with Crippen LogP contribution in [0.3, 0.4) is 0 Å². The average Bonchev–Trinajstić information content (AvgIpc) is 2.85. The van der Waals surface area contributed by atoms with Crippen LogP contribution in [-0.4, -0.2) is 82.3 Å². The molecule has 42 heavy (non-hydrogen) atoms. The monoisotopic (exact) mass is 610 g/mol. The number of ketones is 2. The van der Waals surface area contributed by atoms with E-state index in [-0.39, 0.29) is 51.4 Å². The number of carboxylic acids is 6. The maximum atomic E-state index is 10.2. The van der Waals surface area contributed by atoms with Crippen LogP contribution < -0.4 is 46.6 Å². The van der Waals surface area contributed by atoms with E-state index < -0.39 is 84.9 Å². The third-order valence-electron chi connectivity index (χ3n) is 4.14. The first-order valence-electron chi connectivity index (χ1n) is 11.6. The van der Waals surface area contributed by atoms with Crippen molar-refractivity contribution in [2.45, 2.75) is 88.9 Å². The standard InChI is InChI=1S/C6H10NO4.C6H8O5.C5H10NO4.C5H7O5/c2*7-4(6(10)11)2-1-3-5(8)9;2*6-3(5(9)10)1-2-4(7)8/h4,7H,1-3H2,(H,8,9)(H,10,11);1-3H2,(H,8,9)(H,10,11);3,5,9H,1-2,6H2,(H,7,8);5,9H,1-2H2,(H,7,8)/q-1;;2*-1/p-5/t;;;5-/m...1/s1. The van der Waals surface area contributed by atoms with Gasteiger partial charge in [-0.3, -0.25) is 9.59 Å². The fraction of sp³-hybridized carbons (Fsp3) is 0.636. The largest absolute Gasteiger partial charge is 0.827 e. The summed E-state index contributed by atoms with van der Waals surface area (Å²) < 4.78 is 0. The molecular formula is C22H30N2O18-8. The molecule has 0 aliphatic rings. The molecule has 0 aromatic carbocycles.